The van der Waals surface area contributed by atoms with Gasteiger partial charge in [0.05, 0.1) is 19.8 Å². The minimum Gasteiger partial charge on any atom is -0.493 e. The van der Waals surface area contributed by atoms with E-state index in [1.165, 1.54) is 32.4 Å². The summed E-state index contributed by atoms with van der Waals surface area (Å²) in [5.74, 6) is -1.30. The number of methoxy groups -OCH3 is 2. The molecule has 2 rings (SSSR count). The predicted octanol–water partition coefficient (Wildman–Crippen LogP) is 3.21. The number of carbonyl (C=O) groups is 1. The molecule has 0 amide bonds. The summed E-state index contributed by atoms with van der Waals surface area (Å²) in [6.45, 7) is 0. The summed E-state index contributed by atoms with van der Waals surface area (Å²) in [5, 5.41) is 0. The van der Waals surface area contributed by atoms with Gasteiger partial charge in [-0.1, -0.05) is 0 Å². The number of hydrogen-bond donors (Lipinski definition) is 0. The molecule has 0 aromatic heterocycles. The van der Waals surface area contributed by atoms with E-state index in [0.717, 1.165) is 18.2 Å². The summed E-state index contributed by atoms with van der Waals surface area (Å²) in [5.41, 5.74) is 0.0341. The van der Waals surface area contributed by atoms with Crippen molar-refractivity contribution in [3.05, 3.63) is 59.2 Å². The van der Waals surface area contributed by atoms with Crippen LogP contribution in [0.25, 0.3) is 0 Å². The Morgan fingerprint density at radius 2 is 1.50 bits per heavy atom. The van der Waals surface area contributed by atoms with Crippen molar-refractivity contribution in [3.8, 4) is 11.5 Å². The summed E-state index contributed by atoms with van der Waals surface area (Å²) >= 11 is 0. The molecule has 2 aromatic carbocycles. The van der Waals surface area contributed by atoms with Crippen molar-refractivity contribution in [1.29, 1.82) is 0 Å². The van der Waals surface area contributed by atoms with Gasteiger partial charge in [0.25, 0.3) is 0 Å². The van der Waals surface area contributed by atoms with Gasteiger partial charge in [0.2, 0.25) is 0 Å². The Bertz CT molecular complexity index is 636. The summed E-state index contributed by atoms with van der Waals surface area (Å²) < 4.78 is 36.7. The highest BCUT2D eigenvalue weighted by molar-refractivity contribution is 6.09. The highest BCUT2D eigenvalue weighted by Gasteiger charge is 2.18. The fourth-order valence-electron chi connectivity index (χ4n) is 1.78. The molecule has 0 aliphatic rings. The number of ketones is 1. The van der Waals surface area contributed by atoms with E-state index < -0.39 is 17.4 Å². The first-order valence-electron chi connectivity index (χ1n) is 5.78. The first-order valence-corrected chi connectivity index (χ1v) is 5.78. The van der Waals surface area contributed by atoms with Crippen LogP contribution in [0, 0.1) is 11.6 Å². The molecule has 0 unspecified atom stereocenters. The fourth-order valence-corrected chi connectivity index (χ4v) is 1.78. The summed E-state index contributed by atoms with van der Waals surface area (Å²) in [6, 6.07) is 7.23. The van der Waals surface area contributed by atoms with Crippen molar-refractivity contribution in [3.63, 3.8) is 0 Å². The number of rotatable bonds is 4. The Hall–Kier alpha value is -2.43. The third-order valence-electron chi connectivity index (χ3n) is 2.82. The van der Waals surface area contributed by atoms with Gasteiger partial charge in [-0.05, 0) is 30.3 Å². The molecule has 0 atom stereocenters. The van der Waals surface area contributed by atoms with E-state index >= 15 is 0 Å². The van der Waals surface area contributed by atoms with E-state index in [0.29, 0.717) is 0 Å². The topological polar surface area (TPSA) is 35.5 Å². The number of hydrogen-bond acceptors (Lipinski definition) is 3. The lowest BCUT2D eigenvalue weighted by Gasteiger charge is -2.10. The Labute approximate surface area is 114 Å². The number of benzene rings is 2. The lowest BCUT2D eigenvalue weighted by molar-refractivity contribution is 0.103. The average molecular weight is 278 g/mol. The molecule has 0 aliphatic carbocycles. The molecule has 0 aliphatic heterocycles. The summed E-state index contributed by atoms with van der Waals surface area (Å²) in [6.07, 6.45) is 0. The van der Waals surface area contributed by atoms with Gasteiger partial charge in [-0.3, -0.25) is 4.79 Å². The van der Waals surface area contributed by atoms with Gasteiger partial charge < -0.3 is 9.47 Å². The van der Waals surface area contributed by atoms with Gasteiger partial charge in [0, 0.05) is 11.6 Å². The van der Waals surface area contributed by atoms with Gasteiger partial charge in [-0.15, -0.1) is 0 Å². The normalized spacial score (nSPS) is 10.2. The van der Waals surface area contributed by atoms with Crippen LogP contribution in [-0.2, 0) is 0 Å². The van der Waals surface area contributed by atoms with Crippen molar-refractivity contribution < 1.29 is 23.0 Å². The van der Waals surface area contributed by atoms with Crippen molar-refractivity contribution in [2.75, 3.05) is 14.2 Å². The molecule has 104 valence electrons. The SMILES string of the molecule is COc1cc(F)c(C(=O)c2ccc(F)cc2)cc1OC. The second-order valence-electron chi connectivity index (χ2n) is 4.02. The summed E-state index contributed by atoms with van der Waals surface area (Å²) in [4.78, 5) is 12.2. The van der Waals surface area contributed by atoms with E-state index in [-0.39, 0.29) is 22.6 Å². The Kier molecular flexibility index (Phi) is 3.98. The van der Waals surface area contributed by atoms with Crippen LogP contribution in [0.5, 0.6) is 11.5 Å². The second-order valence-corrected chi connectivity index (χ2v) is 4.02. The first-order chi connectivity index (χ1) is 9.56. The Morgan fingerprint density at radius 3 is 2.05 bits per heavy atom. The van der Waals surface area contributed by atoms with Crippen LogP contribution in [0.1, 0.15) is 15.9 Å². The predicted molar refractivity (Wildman–Crippen MR) is 69.3 cm³/mol. The molecule has 0 heterocycles. The van der Waals surface area contributed by atoms with Crippen LogP contribution in [0.15, 0.2) is 36.4 Å². The van der Waals surface area contributed by atoms with E-state index in [4.69, 9.17) is 9.47 Å². The zero-order chi connectivity index (χ0) is 14.7. The van der Waals surface area contributed by atoms with Gasteiger partial charge in [-0.2, -0.15) is 0 Å². The monoisotopic (exact) mass is 278 g/mol. The first kappa shape index (κ1) is 14.0. The molecule has 5 heteroatoms. The van der Waals surface area contributed by atoms with Crippen LogP contribution in [-0.4, -0.2) is 20.0 Å². The van der Waals surface area contributed by atoms with Crippen LogP contribution < -0.4 is 9.47 Å². The molecule has 0 radical (unpaired) electrons. The quantitative estimate of drug-likeness (QED) is 0.806. The second kappa shape index (κ2) is 5.69. The van der Waals surface area contributed by atoms with Gasteiger partial charge in [0.1, 0.15) is 11.6 Å². The van der Waals surface area contributed by atoms with Crippen molar-refractivity contribution >= 4 is 5.78 Å². The minimum absolute atomic E-state index is 0.158. The molecule has 0 fully saturated rings. The highest BCUT2D eigenvalue weighted by Crippen LogP contribution is 2.30. The molecular formula is C15H12F2O3. The molecule has 3 nitrogen and oxygen atoms in total. The van der Waals surface area contributed by atoms with Crippen molar-refractivity contribution in [1.82, 2.24) is 0 Å². The molecule has 2 aromatic rings. The van der Waals surface area contributed by atoms with Gasteiger partial charge in [-0.25, -0.2) is 8.78 Å². The van der Waals surface area contributed by atoms with E-state index in [1.807, 2.05) is 0 Å². The molecule has 0 saturated heterocycles. The zero-order valence-electron chi connectivity index (χ0n) is 10.9. The Morgan fingerprint density at radius 1 is 0.950 bits per heavy atom. The number of ether oxygens (including phenoxy) is 2. The van der Waals surface area contributed by atoms with E-state index in [9.17, 15) is 13.6 Å². The third kappa shape index (κ3) is 2.61. The molecule has 0 spiro atoms. The number of carbonyl (C=O) groups excluding carboxylic acids is 1. The fraction of sp³-hybridized carbons (Fsp3) is 0.133. The zero-order valence-corrected chi connectivity index (χ0v) is 10.9. The molecular weight excluding hydrogens is 266 g/mol. The van der Waals surface area contributed by atoms with Crippen LogP contribution in [0.2, 0.25) is 0 Å². The maximum Gasteiger partial charge on any atom is 0.196 e. The van der Waals surface area contributed by atoms with Crippen molar-refractivity contribution in [2.45, 2.75) is 0 Å². The molecule has 0 bridgehead atoms. The van der Waals surface area contributed by atoms with Gasteiger partial charge >= 0.3 is 0 Å². The third-order valence-corrected chi connectivity index (χ3v) is 2.82. The van der Waals surface area contributed by atoms with Crippen LogP contribution >= 0.6 is 0 Å². The van der Waals surface area contributed by atoms with Crippen molar-refractivity contribution in [2.24, 2.45) is 0 Å². The smallest absolute Gasteiger partial charge is 0.196 e. The summed E-state index contributed by atoms with van der Waals surface area (Å²) in [7, 11) is 2.76. The molecule has 0 N–H and O–H groups in total. The highest BCUT2D eigenvalue weighted by atomic mass is 19.1. The maximum atomic E-state index is 13.9. The minimum atomic E-state index is -0.725. The van der Waals surface area contributed by atoms with E-state index in [1.54, 1.807) is 0 Å². The van der Waals surface area contributed by atoms with Crippen LogP contribution in [0.3, 0.4) is 0 Å². The molecule has 20 heavy (non-hydrogen) atoms. The number of halogens is 2. The van der Waals surface area contributed by atoms with E-state index in [2.05, 4.69) is 0 Å². The maximum absolute atomic E-state index is 13.9. The lowest BCUT2D eigenvalue weighted by Crippen LogP contribution is -2.06. The van der Waals surface area contributed by atoms with Crippen LogP contribution in [0.4, 0.5) is 8.78 Å². The van der Waals surface area contributed by atoms with Gasteiger partial charge in [0.15, 0.2) is 17.3 Å². The Balaban J connectivity index is 2.46. The average Bonchev–Trinajstić information content (AvgIpc) is 2.47. The lowest BCUT2D eigenvalue weighted by atomic mass is 10.0. The standard InChI is InChI=1S/C15H12F2O3/c1-19-13-7-11(12(17)8-14(13)20-2)15(18)9-3-5-10(16)6-4-9/h3-8H,1-2H3. The largest absolute Gasteiger partial charge is 0.493 e. The molecule has 0 saturated carbocycles.